The summed E-state index contributed by atoms with van der Waals surface area (Å²) in [5.41, 5.74) is 0.777. The summed E-state index contributed by atoms with van der Waals surface area (Å²) in [6, 6.07) is 8.40. The van der Waals surface area contributed by atoms with Crippen LogP contribution in [-0.2, 0) is 6.54 Å². The second-order valence-corrected chi connectivity index (χ2v) is 5.93. The summed E-state index contributed by atoms with van der Waals surface area (Å²) < 4.78 is 5.36. The number of nitrogens with zero attached hydrogens (tertiary/aromatic N) is 3. The van der Waals surface area contributed by atoms with Gasteiger partial charge in [0.05, 0.1) is 17.1 Å². The van der Waals surface area contributed by atoms with E-state index in [4.69, 9.17) is 16.1 Å². The zero-order valence-corrected chi connectivity index (χ0v) is 13.0. The number of hydrogen-bond donors (Lipinski definition) is 1. The third-order valence-corrected chi connectivity index (χ3v) is 4.24. The van der Waals surface area contributed by atoms with Crippen LogP contribution in [0.2, 0.25) is 5.02 Å². The Morgan fingerprint density at radius 1 is 1.29 bits per heavy atom. The Morgan fingerprint density at radius 3 is 2.71 bits per heavy atom. The highest BCUT2D eigenvalue weighted by atomic mass is 35.5. The van der Waals surface area contributed by atoms with Crippen LogP contribution in [0.5, 0.6) is 0 Å². The SMILES string of the molecule is CC1CNCC(C)N1Cc1noc(-c2ccccc2Cl)n1. The summed E-state index contributed by atoms with van der Waals surface area (Å²) >= 11 is 6.16. The van der Waals surface area contributed by atoms with Crippen LogP contribution in [0.15, 0.2) is 28.8 Å². The van der Waals surface area contributed by atoms with Gasteiger partial charge in [-0.3, -0.25) is 4.90 Å². The van der Waals surface area contributed by atoms with Crippen molar-refractivity contribution in [3.8, 4) is 11.5 Å². The Morgan fingerprint density at radius 2 is 2.00 bits per heavy atom. The van der Waals surface area contributed by atoms with E-state index in [9.17, 15) is 0 Å². The van der Waals surface area contributed by atoms with E-state index in [1.54, 1.807) is 0 Å². The zero-order chi connectivity index (χ0) is 14.8. The maximum Gasteiger partial charge on any atom is 0.259 e. The summed E-state index contributed by atoms with van der Waals surface area (Å²) in [7, 11) is 0. The van der Waals surface area contributed by atoms with Crippen molar-refractivity contribution in [3.05, 3.63) is 35.1 Å². The van der Waals surface area contributed by atoms with Gasteiger partial charge in [-0.2, -0.15) is 4.98 Å². The molecule has 0 saturated carbocycles. The van der Waals surface area contributed by atoms with Crippen molar-refractivity contribution >= 4 is 11.6 Å². The minimum Gasteiger partial charge on any atom is -0.334 e. The molecule has 2 atom stereocenters. The highest BCUT2D eigenvalue weighted by Gasteiger charge is 2.26. The monoisotopic (exact) mass is 306 g/mol. The lowest BCUT2D eigenvalue weighted by Crippen LogP contribution is -2.54. The zero-order valence-electron chi connectivity index (χ0n) is 12.2. The number of halogens is 1. The van der Waals surface area contributed by atoms with Gasteiger partial charge in [0, 0.05) is 25.2 Å². The molecule has 0 bridgehead atoms. The minimum atomic E-state index is 0.455. The predicted octanol–water partition coefficient (Wildman–Crippen LogP) is 2.57. The smallest absolute Gasteiger partial charge is 0.259 e. The van der Waals surface area contributed by atoms with Gasteiger partial charge in [0.25, 0.3) is 5.89 Å². The first-order valence-electron chi connectivity index (χ1n) is 7.19. The molecule has 3 rings (SSSR count). The fourth-order valence-electron chi connectivity index (χ4n) is 2.71. The van der Waals surface area contributed by atoms with Gasteiger partial charge in [0.15, 0.2) is 5.82 Å². The Labute approximate surface area is 129 Å². The molecule has 1 N–H and O–H groups in total. The molecule has 112 valence electrons. The van der Waals surface area contributed by atoms with Crippen molar-refractivity contribution in [3.63, 3.8) is 0 Å². The molecule has 1 aromatic heterocycles. The first kappa shape index (κ1) is 14.5. The number of nitrogens with one attached hydrogen (secondary N) is 1. The van der Waals surface area contributed by atoms with Crippen LogP contribution in [0.1, 0.15) is 19.7 Å². The van der Waals surface area contributed by atoms with Crippen LogP contribution >= 0.6 is 11.6 Å². The topological polar surface area (TPSA) is 54.2 Å². The van der Waals surface area contributed by atoms with Crippen molar-refractivity contribution in [1.82, 2.24) is 20.4 Å². The second-order valence-electron chi connectivity index (χ2n) is 5.52. The number of hydrogen-bond acceptors (Lipinski definition) is 5. The lowest BCUT2D eigenvalue weighted by Gasteiger charge is -2.38. The first-order valence-corrected chi connectivity index (χ1v) is 7.57. The van der Waals surface area contributed by atoms with Gasteiger partial charge in [-0.15, -0.1) is 0 Å². The summed E-state index contributed by atoms with van der Waals surface area (Å²) in [6.45, 7) is 7.08. The molecular formula is C15H19ClN4O. The lowest BCUT2D eigenvalue weighted by molar-refractivity contribution is 0.104. The summed E-state index contributed by atoms with van der Waals surface area (Å²) in [4.78, 5) is 6.87. The molecular weight excluding hydrogens is 288 g/mol. The molecule has 1 aromatic carbocycles. The van der Waals surface area contributed by atoms with Crippen LogP contribution in [0, 0.1) is 0 Å². The summed E-state index contributed by atoms with van der Waals surface area (Å²) in [5, 5.41) is 8.13. The van der Waals surface area contributed by atoms with Crippen LogP contribution in [0.4, 0.5) is 0 Å². The largest absolute Gasteiger partial charge is 0.334 e. The molecule has 2 heterocycles. The van der Waals surface area contributed by atoms with Crippen LogP contribution in [0.3, 0.4) is 0 Å². The van der Waals surface area contributed by atoms with E-state index in [1.165, 1.54) is 0 Å². The fourth-order valence-corrected chi connectivity index (χ4v) is 2.92. The predicted molar refractivity (Wildman–Crippen MR) is 82.1 cm³/mol. The molecule has 5 nitrogen and oxygen atoms in total. The van der Waals surface area contributed by atoms with E-state index < -0.39 is 0 Å². The van der Waals surface area contributed by atoms with Crippen molar-refractivity contribution in [1.29, 1.82) is 0 Å². The molecule has 21 heavy (non-hydrogen) atoms. The maximum atomic E-state index is 6.16. The normalized spacial score (nSPS) is 23.4. The van der Waals surface area contributed by atoms with Crippen molar-refractivity contribution in [2.24, 2.45) is 0 Å². The Balaban J connectivity index is 1.78. The summed E-state index contributed by atoms with van der Waals surface area (Å²) in [6.07, 6.45) is 0. The van der Waals surface area contributed by atoms with Crippen molar-refractivity contribution in [2.75, 3.05) is 13.1 Å². The van der Waals surface area contributed by atoms with Crippen molar-refractivity contribution in [2.45, 2.75) is 32.5 Å². The molecule has 0 spiro atoms. The molecule has 1 saturated heterocycles. The van der Waals surface area contributed by atoms with E-state index in [0.29, 0.717) is 35.4 Å². The first-order chi connectivity index (χ1) is 10.1. The van der Waals surface area contributed by atoms with Gasteiger partial charge >= 0.3 is 0 Å². The quantitative estimate of drug-likeness (QED) is 0.944. The van der Waals surface area contributed by atoms with E-state index in [-0.39, 0.29) is 0 Å². The number of aromatic nitrogens is 2. The molecule has 1 fully saturated rings. The van der Waals surface area contributed by atoms with E-state index >= 15 is 0 Å². The van der Waals surface area contributed by atoms with Crippen LogP contribution in [-0.4, -0.2) is 40.2 Å². The number of rotatable bonds is 3. The van der Waals surface area contributed by atoms with Gasteiger partial charge in [-0.05, 0) is 26.0 Å². The highest BCUT2D eigenvalue weighted by molar-refractivity contribution is 6.33. The number of benzene rings is 1. The van der Waals surface area contributed by atoms with Crippen molar-refractivity contribution < 1.29 is 4.52 Å². The lowest BCUT2D eigenvalue weighted by atomic mass is 10.1. The molecule has 2 unspecified atom stereocenters. The van der Waals surface area contributed by atoms with E-state index in [0.717, 1.165) is 18.7 Å². The van der Waals surface area contributed by atoms with E-state index in [2.05, 4.69) is 34.2 Å². The average molecular weight is 307 g/mol. The van der Waals surface area contributed by atoms with Crippen LogP contribution in [0.25, 0.3) is 11.5 Å². The Hall–Kier alpha value is -1.43. The maximum absolute atomic E-state index is 6.16. The molecule has 0 amide bonds. The molecule has 1 aliphatic rings. The van der Waals surface area contributed by atoms with Crippen LogP contribution < -0.4 is 5.32 Å². The highest BCUT2D eigenvalue weighted by Crippen LogP contribution is 2.26. The third kappa shape index (κ3) is 3.10. The van der Waals surface area contributed by atoms with Gasteiger partial charge in [-0.1, -0.05) is 28.9 Å². The Bertz CT molecular complexity index is 605. The molecule has 2 aromatic rings. The molecule has 6 heteroatoms. The Kier molecular flexibility index (Phi) is 4.24. The van der Waals surface area contributed by atoms with Gasteiger partial charge in [0.2, 0.25) is 0 Å². The van der Waals surface area contributed by atoms with Gasteiger partial charge < -0.3 is 9.84 Å². The van der Waals surface area contributed by atoms with Gasteiger partial charge in [-0.25, -0.2) is 0 Å². The molecule has 1 aliphatic heterocycles. The van der Waals surface area contributed by atoms with E-state index in [1.807, 2.05) is 24.3 Å². The molecule has 0 radical (unpaired) electrons. The fraction of sp³-hybridized carbons (Fsp3) is 0.467. The number of piperazine rings is 1. The third-order valence-electron chi connectivity index (χ3n) is 3.91. The standard InChI is InChI=1S/C15H19ClN4O/c1-10-7-17-8-11(2)20(10)9-14-18-15(21-19-14)12-5-3-4-6-13(12)16/h3-6,10-11,17H,7-9H2,1-2H3. The van der Waals surface area contributed by atoms with Gasteiger partial charge in [0.1, 0.15) is 0 Å². The second kappa shape index (κ2) is 6.13. The minimum absolute atomic E-state index is 0.455. The molecule has 0 aliphatic carbocycles. The average Bonchev–Trinajstić information content (AvgIpc) is 2.92. The summed E-state index contributed by atoms with van der Waals surface area (Å²) in [5.74, 6) is 1.18.